The minimum atomic E-state index is -1.80. The minimum Gasteiger partial charge on any atom is -0.512 e. The number of hydrogen-bond acceptors (Lipinski definition) is 4. The van der Waals surface area contributed by atoms with Crippen molar-refractivity contribution in [1.29, 1.82) is 0 Å². The van der Waals surface area contributed by atoms with Gasteiger partial charge in [-0.15, -0.1) is 0 Å². The SMILES string of the molecule is C=CCOc1ccc(OB(O)O)cc1. The van der Waals surface area contributed by atoms with Crippen LogP contribution < -0.4 is 9.39 Å². The molecule has 0 fully saturated rings. The molecular formula is C9H11BO4. The fraction of sp³-hybridized carbons (Fsp3) is 0.111. The lowest BCUT2D eigenvalue weighted by atomic mass is 10.2. The molecule has 1 rings (SSSR count). The molecule has 0 aliphatic carbocycles. The van der Waals surface area contributed by atoms with Crippen LogP contribution in [0.2, 0.25) is 0 Å². The first-order chi connectivity index (χ1) is 6.72. The van der Waals surface area contributed by atoms with Crippen molar-refractivity contribution in [3.63, 3.8) is 0 Å². The van der Waals surface area contributed by atoms with Crippen LogP contribution in [0.25, 0.3) is 0 Å². The Kier molecular flexibility index (Phi) is 4.03. The van der Waals surface area contributed by atoms with Crippen LogP contribution in [0.4, 0.5) is 0 Å². The highest BCUT2D eigenvalue weighted by molar-refractivity contribution is 6.33. The first-order valence-corrected chi connectivity index (χ1v) is 4.09. The zero-order valence-corrected chi connectivity index (χ0v) is 7.59. The Morgan fingerprint density at radius 1 is 1.21 bits per heavy atom. The van der Waals surface area contributed by atoms with Crippen LogP contribution in [0.15, 0.2) is 36.9 Å². The number of rotatable bonds is 5. The molecule has 0 bridgehead atoms. The third kappa shape index (κ3) is 3.51. The summed E-state index contributed by atoms with van der Waals surface area (Å²) >= 11 is 0. The summed E-state index contributed by atoms with van der Waals surface area (Å²) in [5, 5.41) is 17.0. The van der Waals surface area contributed by atoms with Gasteiger partial charge in [-0.3, -0.25) is 0 Å². The van der Waals surface area contributed by atoms with E-state index in [0.29, 0.717) is 18.1 Å². The van der Waals surface area contributed by atoms with Crippen molar-refractivity contribution in [1.82, 2.24) is 0 Å². The van der Waals surface area contributed by atoms with Gasteiger partial charge in [-0.1, -0.05) is 12.7 Å². The zero-order chi connectivity index (χ0) is 10.4. The van der Waals surface area contributed by atoms with Gasteiger partial charge in [0.25, 0.3) is 0 Å². The lowest BCUT2D eigenvalue weighted by Crippen LogP contribution is -2.20. The normalized spacial score (nSPS) is 9.29. The predicted octanol–water partition coefficient (Wildman–Crippen LogP) is 0.600. The van der Waals surface area contributed by atoms with Gasteiger partial charge in [-0.05, 0) is 24.3 Å². The molecule has 4 nitrogen and oxygen atoms in total. The summed E-state index contributed by atoms with van der Waals surface area (Å²) in [6.07, 6.45) is 1.64. The van der Waals surface area contributed by atoms with Crippen molar-refractivity contribution in [3.05, 3.63) is 36.9 Å². The molecule has 0 aliphatic rings. The fourth-order valence-corrected chi connectivity index (χ4v) is 0.891. The first-order valence-electron chi connectivity index (χ1n) is 4.09. The number of benzene rings is 1. The quantitative estimate of drug-likeness (QED) is 0.532. The van der Waals surface area contributed by atoms with E-state index in [0.717, 1.165) is 0 Å². The van der Waals surface area contributed by atoms with E-state index in [1.807, 2.05) is 0 Å². The highest BCUT2D eigenvalue weighted by atomic mass is 16.6. The van der Waals surface area contributed by atoms with E-state index < -0.39 is 7.32 Å². The number of hydrogen-bond donors (Lipinski definition) is 2. The van der Waals surface area contributed by atoms with Gasteiger partial charge in [0.05, 0.1) is 0 Å². The summed E-state index contributed by atoms with van der Waals surface area (Å²) in [5.74, 6) is 1.04. The molecule has 1 aromatic carbocycles. The average molecular weight is 194 g/mol. The average Bonchev–Trinajstić information content (AvgIpc) is 2.16. The summed E-state index contributed by atoms with van der Waals surface area (Å²) < 4.78 is 9.83. The van der Waals surface area contributed by atoms with Crippen LogP contribution in [0.1, 0.15) is 0 Å². The van der Waals surface area contributed by atoms with Crippen molar-refractivity contribution in [2.45, 2.75) is 0 Å². The summed E-state index contributed by atoms with van der Waals surface area (Å²) in [6.45, 7) is 3.95. The van der Waals surface area contributed by atoms with E-state index in [4.69, 9.17) is 14.8 Å². The summed E-state index contributed by atoms with van der Waals surface area (Å²) in [6, 6.07) is 6.50. The van der Waals surface area contributed by atoms with Gasteiger partial charge in [0.2, 0.25) is 0 Å². The minimum absolute atomic E-state index is 0.367. The third-order valence-electron chi connectivity index (χ3n) is 1.43. The fourth-order valence-electron chi connectivity index (χ4n) is 0.891. The van der Waals surface area contributed by atoms with E-state index in [9.17, 15) is 0 Å². The van der Waals surface area contributed by atoms with Crippen LogP contribution in [0, 0.1) is 0 Å². The Morgan fingerprint density at radius 2 is 1.79 bits per heavy atom. The van der Waals surface area contributed by atoms with Gasteiger partial charge in [-0.2, -0.15) is 0 Å². The largest absolute Gasteiger partial charge is 0.707 e. The van der Waals surface area contributed by atoms with E-state index in [2.05, 4.69) is 11.2 Å². The van der Waals surface area contributed by atoms with Crippen LogP contribution in [0.3, 0.4) is 0 Å². The standard InChI is InChI=1S/C9H11BO4/c1-2-7-13-8-3-5-9(6-4-8)14-10(11)12/h2-6,11-12H,1,7H2. The Bertz CT molecular complexity index is 283. The Labute approximate surface area is 82.6 Å². The Balaban J connectivity index is 2.54. The molecule has 0 saturated heterocycles. The van der Waals surface area contributed by atoms with Crippen molar-refractivity contribution >= 4 is 7.32 Å². The summed E-state index contributed by atoms with van der Waals surface area (Å²) in [4.78, 5) is 0. The molecule has 74 valence electrons. The molecule has 0 aromatic heterocycles. The van der Waals surface area contributed by atoms with Crippen LogP contribution in [-0.2, 0) is 0 Å². The molecule has 0 atom stereocenters. The van der Waals surface area contributed by atoms with E-state index in [1.165, 1.54) is 0 Å². The summed E-state index contributed by atoms with van der Waals surface area (Å²) in [5.41, 5.74) is 0. The van der Waals surface area contributed by atoms with E-state index in [-0.39, 0.29) is 0 Å². The van der Waals surface area contributed by atoms with Crippen LogP contribution in [0.5, 0.6) is 11.5 Å². The molecule has 14 heavy (non-hydrogen) atoms. The van der Waals surface area contributed by atoms with Crippen molar-refractivity contribution in [2.24, 2.45) is 0 Å². The molecular weight excluding hydrogens is 183 g/mol. The van der Waals surface area contributed by atoms with Crippen LogP contribution >= 0.6 is 0 Å². The van der Waals surface area contributed by atoms with Gasteiger partial charge >= 0.3 is 7.32 Å². The molecule has 0 radical (unpaired) electrons. The van der Waals surface area contributed by atoms with Crippen LogP contribution in [-0.4, -0.2) is 24.0 Å². The molecule has 0 saturated carbocycles. The van der Waals surface area contributed by atoms with E-state index >= 15 is 0 Å². The number of ether oxygens (including phenoxy) is 1. The molecule has 0 amide bonds. The second kappa shape index (κ2) is 5.31. The Hall–Kier alpha value is -1.46. The topological polar surface area (TPSA) is 58.9 Å². The maximum atomic E-state index is 8.51. The molecule has 1 aromatic rings. The lowest BCUT2D eigenvalue weighted by molar-refractivity contribution is 0.287. The maximum absolute atomic E-state index is 8.51. The smallest absolute Gasteiger partial charge is 0.512 e. The zero-order valence-electron chi connectivity index (χ0n) is 7.59. The molecule has 0 spiro atoms. The summed E-state index contributed by atoms with van der Waals surface area (Å²) in [7, 11) is -1.80. The lowest BCUT2D eigenvalue weighted by Gasteiger charge is -2.06. The molecule has 0 unspecified atom stereocenters. The van der Waals surface area contributed by atoms with Crippen molar-refractivity contribution in [2.75, 3.05) is 6.61 Å². The molecule has 0 heterocycles. The van der Waals surface area contributed by atoms with Gasteiger partial charge in [0.1, 0.15) is 18.1 Å². The third-order valence-corrected chi connectivity index (χ3v) is 1.43. The monoisotopic (exact) mass is 194 g/mol. The highest BCUT2D eigenvalue weighted by Crippen LogP contribution is 2.17. The second-order valence-corrected chi connectivity index (χ2v) is 2.52. The highest BCUT2D eigenvalue weighted by Gasteiger charge is 2.10. The first kappa shape index (κ1) is 10.6. The van der Waals surface area contributed by atoms with Gasteiger partial charge < -0.3 is 19.4 Å². The van der Waals surface area contributed by atoms with E-state index in [1.54, 1.807) is 30.3 Å². The Morgan fingerprint density at radius 3 is 2.29 bits per heavy atom. The predicted molar refractivity (Wildman–Crippen MR) is 53.0 cm³/mol. The van der Waals surface area contributed by atoms with Gasteiger partial charge in [0, 0.05) is 0 Å². The molecule has 2 N–H and O–H groups in total. The van der Waals surface area contributed by atoms with Crippen molar-refractivity contribution in [3.8, 4) is 11.5 Å². The maximum Gasteiger partial charge on any atom is 0.707 e. The second-order valence-electron chi connectivity index (χ2n) is 2.52. The van der Waals surface area contributed by atoms with Gasteiger partial charge in [-0.25, -0.2) is 0 Å². The molecule has 5 heteroatoms. The molecule has 0 aliphatic heterocycles. The van der Waals surface area contributed by atoms with Crippen molar-refractivity contribution < 1.29 is 19.4 Å². The van der Waals surface area contributed by atoms with Gasteiger partial charge in [0.15, 0.2) is 0 Å².